The summed E-state index contributed by atoms with van der Waals surface area (Å²) in [6, 6.07) is 45.8. The third kappa shape index (κ3) is 5.55. The van der Waals surface area contributed by atoms with E-state index in [0.29, 0.717) is 0 Å². The molecule has 0 N–H and O–H groups in total. The predicted molar refractivity (Wildman–Crippen MR) is 201 cm³/mol. The Balaban J connectivity index is 1.11. The van der Waals surface area contributed by atoms with E-state index in [9.17, 15) is 0 Å². The first-order valence-electron chi connectivity index (χ1n) is 16.4. The van der Waals surface area contributed by atoms with Crippen LogP contribution in [0, 0.1) is 0 Å². The highest BCUT2D eigenvalue weighted by Gasteiger charge is 2.12. The van der Waals surface area contributed by atoms with Gasteiger partial charge in [-0.1, -0.05) is 66.7 Å². The van der Waals surface area contributed by atoms with Crippen molar-refractivity contribution in [2.75, 3.05) is 0 Å². The Morgan fingerprint density at radius 2 is 0.840 bits per heavy atom. The molecule has 0 atom stereocenters. The molecule has 6 heteroatoms. The molecule has 0 unspecified atom stereocenters. The van der Waals surface area contributed by atoms with Gasteiger partial charge in [0.1, 0.15) is 0 Å². The topological polar surface area (TPSA) is 77.3 Å². The minimum Gasteiger partial charge on any atom is -0.255 e. The molecule has 6 nitrogen and oxygen atoms in total. The third-order valence-corrected chi connectivity index (χ3v) is 8.99. The molecule has 0 aliphatic heterocycles. The van der Waals surface area contributed by atoms with Crippen molar-refractivity contribution in [3.8, 4) is 67.3 Å². The zero-order chi connectivity index (χ0) is 33.3. The Labute approximate surface area is 288 Å². The molecule has 6 aromatic heterocycles. The Kier molecular flexibility index (Phi) is 7.37. The summed E-state index contributed by atoms with van der Waals surface area (Å²) in [5.41, 5.74) is 13.8. The number of rotatable bonds is 6. The van der Waals surface area contributed by atoms with Crippen LogP contribution in [0.3, 0.4) is 0 Å². The molecule has 0 aliphatic rings. The summed E-state index contributed by atoms with van der Waals surface area (Å²) in [4.78, 5) is 27.8. The van der Waals surface area contributed by atoms with Crippen molar-refractivity contribution in [3.05, 3.63) is 171 Å². The van der Waals surface area contributed by atoms with Crippen LogP contribution < -0.4 is 0 Å². The summed E-state index contributed by atoms with van der Waals surface area (Å²) in [6.07, 6.45) is 11.1. The highest BCUT2D eigenvalue weighted by molar-refractivity contribution is 6.08. The second-order valence-corrected chi connectivity index (χ2v) is 12.1. The van der Waals surface area contributed by atoms with Gasteiger partial charge in [-0.3, -0.25) is 29.9 Å². The fourth-order valence-electron chi connectivity index (χ4n) is 6.44. The second kappa shape index (κ2) is 12.6. The van der Waals surface area contributed by atoms with Gasteiger partial charge in [-0.25, -0.2) is 0 Å². The number of nitrogens with zero attached hydrogens (tertiary/aromatic N) is 6. The Hall–Kier alpha value is -6.92. The Morgan fingerprint density at radius 1 is 0.300 bits per heavy atom. The average molecular weight is 641 g/mol. The molecule has 0 amide bonds. The van der Waals surface area contributed by atoms with E-state index in [-0.39, 0.29) is 0 Å². The van der Waals surface area contributed by atoms with Crippen molar-refractivity contribution in [1.82, 2.24) is 29.9 Å². The van der Waals surface area contributed by atoms with Crippen LogP contribution in [-0.2, 0) is 0 Å². The maximum absolute atomic E-state index is 4.77. The quantitative estimate of drug-likeness (QED) is 0.168. The largest absolute Gasteiger partial charge is 0.255 e. The number of pyridine rings is 6. The number of hydrogen-bond donors (Lipinski definition) is 0. The first-order chi connectivity index (χ1) is 24.8. The molecule has 0 saturated heterocycles. The molecule has 50 heavy (non-hydrogen) atoms. The van der Waals surface area contributed by atoms with E-state index in [1.165, 1.54) is 0 Å². The predicted octanol–water partition coefficient (Wildman–Crippen LogP) is 10.4. The highest BCUT2D eigenvalue weighted by Crippen LogP contribution is 2.36. The molecule has 0 radical (unpaired) electrons. The zero-order valence-corrected chi connectivity index (χ0v) is 26.8. The van der Waals surface area contributed by atoms with Crippen LogP contribution >= 0.6 is 0 Å². The number of hydrogen-bond acceptors (Lipinski definition) is 6. The molecule has 9 aromatic rings. The first-order valence-corrected chi connectivity index (χ1v) is 16.4. The van der Waals surface area contributed by atoms with E-state index in [2.05, 4.69) is 93.8 Å². The fraction of sp³-hybridized carbons (Fsp3) is 0. The van der Waals surface area contributed by atoms with Crippen molar-refractivity contribution in [1.29, 1.82) is 0 Å². The third-order valence-electron chi connectivity index (χ3n) is 8.99. The number of benzene rings is 3. The van der Waals surface area contributed by atoms with Gasteiger partial charge in [0.15, 0.2) is 0 Å². The van der Waals surface area contributed by atoms with E-state index in [0.717, 1.165) is 89.1 Å². The summed E-state index contributed by atoms with van der Waals surface area (Å²) in [5.74, 6) is 0. The Morgan fingerprint density at radius 3 is 1.42 bits per heavy atom. The van der Waals surface area contributed by atoms with Crippen molar-refractivity contribution in [3.63, 3.8) is 0 Å². The van der Waals surface area contributed by atoms with E-state index >= 15 is 0 Å². The molecule has 3 aromatic carbocycles. The van der Waals surface area contributed by atoms with E-state index in [4.69, 9.17) is 15.0 Å². The van der Waals surface area contributed by atoms with E-state index < -0.39 is 0 Å². The van der Waals surface area contributed by atoms with Gasteiger partial charge < -0.3 is 0 Å². The van der Waals surface area contributed by atoms with E-state index in [1.807, 2.05) is 79.4 Å². The maximum atomic E-state index is 4.77. The molecular formula is C44H28N6. The number of fused-ring (bicyclic) bond motifs is 3. The van der Waals surface area contributed by atoms with Crippen LogP contribution in [-0.4, -0.2) is 29.9 Å². The molecule has 0 bridgehead atoms. The summed E-state index contributed by atoms with van der Waals surface area (Å²) < 4.78 is 0. The average Bonchev–Trinajstić information content (AvgIpc) is 3.21. The summed E-state index contributed by atoms with van der Waals surface area (Å²) in [6.45, 7) is 0. The van der Waals surface area contributed by atoms with Gasteiger partial charge in [-0.05, 0) is 100 Å². The van der Waals surface area contributed by atoms with Crippen LogP contribution in [0.4, 0.5) is 0 Å². The second-order valence-electron chi connectivity index (χ2n) is 12.1. The molecule has 6 heterocycles. The molecule has 0 aliphatic carbocycles. The molecule has 0 saturated carbocycles. The van der Waals surface area contributed by atoms with Gasteiger partial charge in [0.25, 0.3) is 0 Å². The zero-order valence-electron chi connectivity index (χ0n) is 26.8. The minimum atomic E-state index is 0.836. The summed E-state index contributed by atoms with van der Waals surface area (Å²) >= 11 is 0. The summed E-state index contributed by atoms with van der Waals surface area (Å²) in [7, 11) is 0. The standard InChI is InChI=1S/C44H28N6/c1-3-20-45-39(7-1)41-17-14-32(27-49-41)35-24-34(25-36(26-35)33-15-18-42(50-28-33)40-8-2-4-21-46-40)29-9-11-30(12-10-29)37-19-23-48-44-38(37)16-13-31-6-5-22-47-43(31)44/h1-28H. The van der Waals surface area contributed by atoms with Crippen LogP contribution in [0.5, 0.6) is 0 Å². The normalized spacial score (nSPS) is 11.2. The molecular weight excluding hydrogens is 613 g/mol. The van der Waals surface area contributed by atoms with Gasteiger partial charge in [0.2, 0.25) is 0 Å². The van der Waals surface area contributed by atoms with Gasteiger partial charge in [-0.2, -0.15) is 0 Å². The lowest BCUT2D eigenvalue weighted by molar-refractivity contribution is 1.25. The first kappa shape index (κ1) is 29.2. The van der Waals surface area contributed by atoms with E-state index in [1.54, 1.807) is 12.4 Å². The van der Waals surface area contributed by atoms with Gasteiger partial charge in [0.05, 0.1) is 33.8 Å². The van der Waals surface area contributed by atoms with Crippen molar-refractivity contribution in [2.45, 2.75) is 0 Å². The minimum absolute atomic E-state index is 0.836. The fourth-order valence-corrected chi connectivity index (χ4v) is 6.44. The number of aromatic nitrogens is 6. The van der Waals surface area contributed by atoms with Gasteiger partial charge >= 0.3 is 0 Å². The molecule has 0 fully saturated rings. The van der Waals surface area contributed by atoms with Crippen molar-refractivity contribution >= 4 is 21.8 Å². The smallest absolute Gasteiger partial charge is 0.0970 e. The monoisotopic (exact) mass is 640 g/mol. The van der Waals surface area contributed by atoms with Crippen LogP contribution in [0.15, 0.2) is 171 Å². The summed E-state index contributed by atoms with van der Waals surface area (Å²) in [5, 5.41) is 2.16. The lowest BCUT2D eigenvalue weighted by atomic mass is 9.93. The maximum Gasteiger partial charge on any atom is 0.0970 e. The molecule has 0 spiro atoms. The van der Waals surface area contributed by atoms with Crippen LogP contribution in [0.1, 0.15) is 0 Å². The van der Waals surface area contributed by atoms with Gasteiger partial charge in [-0.15, -0.1) is 0 Å². The molecule has 234 valence electrons. The Bertz CT molecular complexity index is 2500. The van der Waals surface area contributed by atoms with Crippen LogP contribution in [0.2, 0.25) is 0 Å². The lowest BCUT2D eigenvalue weighted by Crippen LogP contribution is -1.91. The highest BCUT2D eigenvalue weighted by atomic mass is 14.8. The van der Waals surface area contributed by atoms with Gasteiger partial charge in [0, 0.05) is 59.1 Å². The van der Waals surface area contributed by atoms with Crippen LogP contribution in [0.25, 0.3) is 89.1 Å². The van der Waals surface area contributed by atoms with Crippen molar-refractivity contribution in [2.24, 2.45) is 0 Å². The van der Waals surface area contributed by atoms with Crippen molar-refractivity contribution < 1.29 is 0 Å². The SMILES string of the molecule is c1ccc(-c2ccc(-c3cc(-c4ccc(-c5ccnc6c5ccc5cccnc56)cc4)cc(-c4ccc(-c5ccccn5)nc4)c3)cn2)nc1. The lowest BCUT2D eigenvalue weighted by Gasteiger charge is -2.13. The molecule has 9 rings (SSSR count).